The molecule has 0 unspecified atom stereocenters. The fraction of sp³-hybridized carbons (Fsp3) is 0.161. The SMILES string of the molecule is c1ccc(C(c2ccccc2)N2CCN(c3nc4ccccc4c4nc(-c5cccnc5)nn34)CC2)cc1. The van der Waals surface area contributed by atoms with Crippen molar-refractivity contribution in [2.75, 3.05) is 31.1 Å². The van der Waals surface area contributed by atoms with E-state index < -0.39 is 0 Å². The van der Waals surface area contributed by atoms with Crippen molar-refractivity contribution in [3.05, 3.63) is 121 Å². The molecule has 0 saturated carbocycles. The van der Waals surface area contributed by atoms with Crippen molar-refractivity contribution in [1.82, 2.24) is 29.5 Å². The molecule has 3 aromatic carbocycles. The number of rotatable bonds is 5. The maximum atomic E-state index is 5.07. The first-order valence-corrected chi connectivity index (χ1v) is 13.0. The van der Waals surface area contributed by atoms with Crippen molar-refractivity contribution in [2.45, 2.75) is 6.04 Å². The highest BCUT2D eigenvalue weighted by Gasteiger charge is 2.28. The molecule has 1 fully saturated rings. The number of anilines is 1. The summed E-state index contributed by atoms with van der Waals surface area (Å²) in [4.78, 5) is 19.2. The zero-order valence-corrected chi connectivity index (χ0v) is 20.9. The van der Waals surface area contributed by atoms with Gasteiger partial charge in [-0.1, -0.05) is 72.8 Å². The molecule has 6 aromatic rings. The Balaban J connectivity index is 1.24. The number of fused-ring (bicyclic) bond motifs is 3. The van der Waals surface area contributed by atoms with Gasteiger partial charge in [-0.25, -0.2) is 9.97 Å². The van der Waals surface area contributed by atoms with Crippen LogP contribution in [-0.4, -0.2) is 55.6 Å². The molecule has 4 heterocycles. The lowest BCUT2D eigenvalue weighted by molar-refractivity contribution is 0.211. The van der Waals surface area contributed by atoms with Crippen LogP contribution in [0.2, 0.25) is 0 Å². The Morgan fingerprint density at radius 2 is 1.34 bits per heavy atom. The molecule has 1 aliphatic rings. The Bertz CT molecular complexity index is 1640. The molecule has 186 valence electrons. The number of aromatic nitrogens is 5. The summed E-state index contributed by atoms with van der Waals surface area (Å²) in [6.07, 6.45) is 3.56. The van der Waals surface area contributed by atoms with Crippen molar-refractivity contribution in [3.8, 4) is 11.4 Å². The third-order valence-corrected chi connectivity index (χ3v) is 7.27. The summed E-state index contributed by atoms with van der Waals surface area (Å²) < 4.78 is 1.91. The van der Waals surface area contributed by atoms with Crippen molar-refractivity contribution < 1.29 is 0 Å². The van der Waals surface area contributed by atoms with Crippen LogP contribution in [0.1, 0.15) is 17.2 Å². The van der Waals surface area contributed by atoms with Gasteiger partial charge in [-0.2, -0.15) is 4.52 Å². The Morgan fingerprint density at radius 3 is 2.03 bits per heavy atom. The fourth-order valence-corrected chi connectivity index (χ4v) is 5.43. The van der Waals surface area contributed by atoms with Gasteiger partial charge < -0.3 is 4.90 Å². The van der Waals surface area contributed by atoms with Crippen LogP contribution in [0.15, 0.2) is 109 Å². The lowest BCUT2D eigenvalue weighted by atomic mass is 9.96. The largest absolute Gasteiger partial charge is 0.338 e. The molecule has 3 aromatic heterocycles. The molecule has 38 heavy (non-hydrogen) atoms. The first-order valence-electron chi connectivity index (χ1n) is 13.0. The van der Waals surface area contributed by atoms with Crippen LogP contribution in [0, 0.1) is 0 Å². The molecular weight excluding hydrogens is 470 g/mol. The van der Waals surface area contributed by atoms with Gasteiger partial charge in [-0.15, -0.1) is 5.10 Å². The molecule has 0 bridgehead atoms. The number of hydrogen-bond acceptors (Lipinski definition) is 6. The fourth-order valence-electron chi connectivity index (χ4n) is 5.43. The smallest absolute Gasteiger partial charge is 0.229 e. The molecule has 0 aliphatic carbocycles. The monoisotopic (exact) mass is 497 g/mol. The van der Waals surface area contributed by atoms with Crippen molar-refractivity contribution in [1.29, 1.82) is 0 Å². The quantitative estimate of drug-likeness (QED) is 0.324. The maximum absolute atomic E-state index is 5.07. The van der Waals surface area contributed by atoms with Crippen molar-refractivity contribution >= 4 is 22.5 Å². The van der Waals surface area contributed by atoms with E-state index in [2.05, 4.69) is 81.5 Å². The van der Waals surface area contributed by atoms with Gasteiger partial charge in [0, 0.05) is 49.5 Å². The normalized spacial score (nSPS) is 14.5. The first kappa shape index (κ1) is 22.6. The summed E-state index contributed by atoms with van der Waals surface area (Å²) in [7, 11) is 0. The minimum absolute atomic E-state index is 0.215. The summed E-state index contributed by atoms with van der Waals surface area (Å²) in [6.45, 7) is 3.51. The van der Waals surface area contributed by atoms with Gasteiger partial charge in [0.05, 0.1) is 11.6 Å². The van der Waals surface area contributed by atoms with E-state index >= 15 is 0 Å². The average Bonchev–Trinajstić information content (AvgIpc) is 3.45. The molecular formula is C31H27N7. The van der Waals surface area contributed by atoms with Crippen LogP contribution in [0.5, 0.6) is 0 Å². The minimum atomic E-state index is 0.215. The molecule has 0 N–H and O–H groups in total. The zero-order valence-electron chi connectivity index (χ0n) is 20.9. The maximum Gasteiger partial charge on any atom is 0.229 e. The van der Waals surface area contributed by atoms with Gasteiger partial charge in [0.15, 0.2) is 11.5 Å². The van der Waals surface area contributed by atoms with E-state index in [0.29, 0.717) is 5.82 Å². The molecule has 0 amide bonds. The first-order chi connectivity index (χ1) is 18.8. The van der Waals surface area contributed by atoms with Gasteiger partial charge in [0.1, 0.15) is 0 Å². The van der Waals surface area contributed by atoms with E-state index in [4.69, 9.17) is 15.1 Å². The number of nitrogens with zero attached hydrogens (tertiary/aromatic N) is 7. The Labute approximate surface area is 221 Å². The van der Waals surface area contributed by atoms with E-state index in [0.717, 1.165) is 54.2 Å². The second-order valence-electron chi connectivity index (χ2n) is 9.59. The van der Waals surface area contributed by atoms with Gasteiger partial charge in [0.2, 0.25) is 5.95 Å². The van der Waals surface area contributed by atoms with E-state index in [1.807, 2.05) is 34.8 Å². The minimum Gasteiger partial charge on any atom is -0.338 e. The topological polar surface area (TPSA) is 62.5 Å². The van der Waals surface area contributed by atoms with Crippen LogP contribution in [-0.2, 0) is 0 Å². The average molecular weight is 498 g/mol. The zero-order chi connectivity index (χ0) is 25.3. The Hall–Kier alpha value is -4.62. The summed E-state index contributed by atoms with van der Waals surface area (Å²) >= 11 is 0. The highest BCUT2D eigenvalue weighted by molar-refractivity contribution is 5.92. The molecule has 1 saturated heterocycles. The number of benzene rings is 3. The summed E-state index contributed by atoms with van der Waals surface area (Å²) in [6, 6.07) is 33.9. The molecule has 7 rings (SSSR count). The highest BCUT2D eigenvalue weighted by atomic mass is 15.4. The molecule has 1 aliphatic heterocycles. The van der Waals surface area contributed by atoms with Crippen LogP contribution < -0.4 is 4.90 Å². The molecule has 7 nitrogen and oxygen atoms in total. The number of pyridine rings is 1. The number of piperazine rings is 1. The Kier molecular flexibility index (Phi) is 5.75. The van der Waals surface area contributed by atoms with E-state index in [-0.39, 0.29) is 6.04 Å². The predicted molar refractivity (Wildman–Crippen MR) is 150 cm³/mol. The molecule has 0 radical (unpaired) electrons. The van der Waals surface area contributed by atoms with E-state index in [9.17, 15) is 0 Å². The lowest BCUT2D eigenvalue weighted by Crippen LogP contribution is -2.48. The third-order valence-electron chi connectivity index (χ3n) is 7.27. The summed E-state index contributed by atoms with van der Waals surface area (Å²) in [5, 5.41) is 5.90. The molecule has 0 spiro atoms. The highest BCUT2D eigenvalue weighted by Crippen LogP contribution is 2.31. The second kappa shape index (κ2) is 9.68. The van der Waals surface area contributed by atoms with E-state index in [1.54, 1.807) is 12.4 Å². The second-order valence-corrected chi connectivity index (χ2v) is 9.59. The molecule has 7 heteroatoms. The standard InChI is InChI=1S/C31H27N7/c1-3-10-23(11-4-1)28(24-12-5-2-6-13-24)36-18-20-37(21-19-36)31-33-27-16-8-7-15-26(27)30-34-29(35-38(30)31)25-14-9-17-32-22-25/h1-17,22,28H,18-21H2. The van der Waals surface area contributed by atoms with Crippen molar-refractivity contribution in [2.24, 2.45) is 0 Å². The summed E-state index contributed by atoms with van der Waals surface area (Å²) in [5.41, 5.74) is 5.27. The molecule has 0 atom stereocenters. The number of para-hydroxylation sites is 1. The van der Waals surface area contributed by atoms with Gasteiger partial charge in [0.25, 0.3) is 0 Å². The van der Waals surface area contributed by atoms with Gasteiger partial charge in [-0.3, -0.25) is 9.88 Å². The van der Waals surface area contributed by atoms with Crippen LogP contribution >= 0.6 is 0 Å². The lowest BCUT2D eigenvalue weighted by Gasteiger charge is -2.40. The van der Waals surface area contributed by atoms with Crippen LogP contribution in [0.25, 0.3) is 27.9 Å². The summed E-state index contributed by atoms with van der Waals surface area (Å²) in [5.74, 6) is 1.49. The van der Waals surface area contributed by atoms with Gasteiger partial charge >= 0.3 is 0 Å². The van der Waals surface area contributed by atoms with Crippen molar-refractivity contribution in [3.63, 3.8) is 0 Å². The number of hydrogen-bond donors (Lipinski definition) is 0. The third kappa shape index (κ3) is 4.07. The predicted octanol–water partition coefficient (Wildman–Crippen LogP) is 5.25. The van der Waals surface area contributed by atoms with Crippen LogP contribution in [0.4, 0.5) is 5.95 Å². The van der Waals surface area contributed by atoms with Crippen LogP contribution in [0.3, 0.4) is 0 Å². The van der Waals surface area contributed by atoms with Gasteiger partial charge in [-0.05, 0) is 35.4 Å². The Morgan fingerprint density at radius 1 is 0.658 bits per heavy atom. The van der Waals surface area contributed by atoms with E-state index in [1.165, 1.54) is 11.1 Å².